The van der Waals surface area contributed by atoms with Crippen LogP contribution in [-0.2, 0) is 24.2 Å². The number of nitrogens with one attached hydrogen (secondary N) is 1. The third-order valence-corrected chi connectivity index (χ3v) is 8.15. The van der Waals surface area contributed by atoms with E-state index in [2.05, 4.69) is 20.4 Å². The average Bonchev–Trinajstić information content (AvgIpc) is 3.45. The van der Waals surface area contributed by atoms with Crippen LogP contribution in [0.15, 0.2) is 28.8 Å². The van der Waals surface area contributed by atoms with Gasteiger partial charge in [-0.2, -0.15) is 0 Å². The Bertz CT molecular complexity index is 1180. The lowest BCUT2D eigenvalue weighted by Gasteiger charge is -2.32. The third-order valence-electron chi connectivity index (χ3n) is 7.08. The van der Waals surface area contributed by atoms with E-state index in [1.54, 1.807) is 0 Å². The summed E-state index contributed by atoms with van der Waals surface area (Å²) in [7, 11) is 0. The molecule has 1 N–H and O–H groups in total. The van der Waals surface area contributed by atoms with Crippen LogP contribution in [0.2, 0.25) is 0 Å². The van der Waals surface area contributed by atoms with Crippen molar-refractivity contribution < 1.29 is 22.8 Å². The molecule has 1 aliphatic carbocycles. The maximum Gasteiger partial charge on any atom is 0.278 e. The lowest BCUT2D eigenvalue weighted by molar-refractivity contribution is -0.121. The summed E-state index contributed by atoms with van der Waals surface area (Å²) in [6, 6.07) is 7.81. The van der Waals surface area contributed by atoms with Crippen molar-refractivity contribution in [3.63, 3.8) is 0 Å². The zero-order chi connectivity index (χ0) is 25.1. The van der Waals surface area contributed by atoms with Gasteiger partial charge < -0.3 is 14.6 Å². The van der Waals surface area contributed by atoms with Gasteiger partial charge in [-0.3, -0.25) is 9.69 Å². The number of para-hydroxylation sites is 1. The van der Waals surface area contributed by atoms with E-state index in [9.17, 15) is 13.6 Å². The Kier molecular flexibility index (Phi) is 7.52. The summed E-state index contributed by atoms with van der Waals surface area (Å²) in [6.45, 7) is 2.93. The summed E-state index contributed by atoms with van der Waals surface area (Å²) >= 11 is 1.39. The number of hydrogen-bond donors (Lipinski definition) is 1. The highest BCUT2D eigenvalue weighted by molar-refractivity contribution is 7.13. The Labute approximate surface area is 213 Å². The number of hydrogen-bond acceptors (Lipinski definition) is 7. The number of thiazole rings is 1. The van der Waals surface area contributed by atoms with Crippen LogP contribution in [0.25, 0.3) is 11.0 Å². The molecule has 1 amide bonds. The summed E-state index contributed by atoms with van der Waals surface area (Å²) in [5, 5.41) is 8.49. The van der Waals surface area contributed by atoms with Crippen LogP contribution in [-0.4, -0.2) is 52.6 Å². The van der Waals surface area contributed by atoms with Gasteiger partial charge >= 0.3 is 0 Å². The Morgan fingerprint density at radius 3 is 2.89 bits per heavy atom. The molecular formula is C26H32F2N4O3S. The number of nitrogens with zero attached hydrogens (tertiary/aromatic N) is 3. The number of aromatic nitrogens is 2. The predicted octanol–water partition coefficient (Wildman–Crippen LogP) is 4.98. The molecule has 2 aliphatic rings. The summed E-state index contributed by atoms with van der Waals surface area (Å²) in [5.41, 5.74) is 2.35. The second-order valence-corrected chi connectivity index (χ2v) is 11.2. The first-order chi connectivity index (χ1) is 17.3. The maximum absolute atomic E-state index is 13.1. The SMILES string of the molecule is CC(F)(F)COc1nc2c(s1)CCN(CC[C@H]1CC[C@H](NC(=O)Cc3noc4ccccc34)CC1)C2. The monoisotopic (exact) mass is 518 g/mol. The molecule has 0 spiro atoms. The van der Waals surface area contributed by atoms with Crippen LogP contribution in [0.3, 0.4) is 0 Å². The van der Waals surface area contributed by atoms with E-state index in [0.717, 1.165) is 81.0 Å². The molecule has 1 aliphatic heterocycles. The van der Waals surface area contributed by atoms with Crippen molar-refractivity contribution >= 4 is 28.2 Å². The highest BCUT2D eigenvalue weighted by Crippen LogP contribution is 2.32. The third kappa shape index (κ3) is 6.39. The van der Waals surface area contributed by atoms with E-state index < -0.39 is 12.5 Å². The van der Waals surface area contributed by atoms with Gasteiger partial charge in [0.15, 0.2) is 12.2 Å². The molecule has 0 unspecified atom stereocenters. The normalized spacial score (nSPS) is 20.9. The van der Waals surface area contributed by atoms with Gasteiger partial charge in [0.25, 0.3) is 11.1 Å². The second-order valence-electron chi connectivity index (χ2n) is 10.1. The minimum absolute atomic E-state index is 0.00380. The number of halogens is 2. The molecule has 5 rings (SSSR count). The predicted molar refractivity (Wildman–Crippen MR) is 133 cm³/mol. The molecule has 2 aromatic heterocycles. The van der Waals surface area contributed by atoms with Crippen molar-refractivity contribution in [1.29, 1.82) is 0 Å². The quantitative estimate of drug-likeness (QED) is 0.430. The molecule has 3 aromatic rings. The van der Waals surface area contributed by atoms with Crippen molar-refractivity contribution in [2.75, 3.05) is 19.7 Å². The van der Waals surface area contributed by atoms with E-state index in [4.69, 9.17) is 9.26 Å². The number of benzene rings is 1. The molecule has 3 heterocycles. The van der Waals surface area contributed by atoms with Gasteiger partial charge in [0.2, 0.25) is 5.91 Å². The van der Waals surface area contributed by atoms with Gasteiger partial charge in [-0.1, -0.05) is 28.6 Å². The largest absolute Gasteiger partial charge is 0.464 e. The maximum atomic E-state index is 13.1. The highest BCUT2D eigenvalue weighted by Gasteiger charge is 2.27. The molecule has 0 radical (unpaired) electrons. The lowest BCUT2D eigenvalue weighted by Crippen LogP contribution is -2.39. The van der Waals surface area contributed by atoms with E-state index in [1.807, 2.05) is 24.3 Å². The molecule has 1 aromatic carbocycles. The summed E-state index contributed by atoms with van der Waals surface area (Å²) in [4.78, 5) is 20.6. The Balaban J connectivity index is 1.02. The minimum atomic E-state index is -2.86. The van der Waals surface area contributed by atoms with Gasteiger partial charge in [0.1, 0.15) is 5.69 Å². The van der Waals surface area contributed by atoms with Crippen LogP contribution in [0.1, 0.15) is 55.3 Å². The Morgan fingerprint density at radius 2 is 2.08 bits per heavy atom. The van der Waals surface area contributed by atoms with E-state index in [1.165, 1.54) is 11.3 Å². The fourth-order valence-corrected chi connectivity index (χ4v) is 6.03. The summed E-state index contributed by atoms with van der Waals surface area (Å²) < 4.78 is 36.6. The summed E-state index contributed by atoms with van der Waals surface area (Å²) in [6.07, 6.45) is 6.45. The molecule has 194 valence electrons. The number of alkyl halides is 2. The average molecular weight is 519 g/mol. The molecule has 0 atom stereocenters. The smallest absolute Gasteiger partial charge is 0.278 e. The number of amides is 1. The fraction of sp³-hybridized carbons (Fsp3) is 0.577. The van der Waals surface area contributed by atoms with E-state index >= 15 is 0 Å². The molecule has 10 heteroatoms. The standard InChI is InChI=1S/C26H32F2N4O3S/c1-26(27,28)16-34-25-30-21-15-32(13-11-23(21)36-25)12-10-17-6-8-18(9-7-17)29-24(33)14-20-19-4-2-3-5-22(19)35-31-20/h2-5,17-18H,6-16H2,1H3,(H,29,33)/t17-,18-. The zero-order valence-corrected chi connectivity index (χ0v) is 21.3. The minimum Gasteiger partial charge on any atom is -0.464 e. The summed E-state index contributed by atoms with van der Waals surface area (Å²) in [5.74, 6) is -2.21. The molecule has 1 fully saturated rings. The topological polar surface area (TPSA) is 80.5 Å². The van der Waals surface area contributed by atoms with Crippen LogP contribution < -0.4 is 10.1 Å². The molecule has 7 nitrogen and oxygen atoms in total. The molecule has 0 saturated heterocycles. The van der Waals surface area contributed by atoms with Crippen molar-refractivity contribution in [3.8, 4) is 5.19 Å². The number of carbonyl (C=O) groups is 1. The molecule has 1 saturated carbocycles. The van der Waals surface area contributed by atoms with Crippen LogP contribution >= 0.6 is 11.3 Å². The van der Waals surface area contributed by atoms with Gasteiger partial charge in [-0.25, -0.2) is 13.8 Å². The van der Waals surface area contributed by atoms with Gasteiger partial charge in [0, 0.05) is 36.3 Å². The number of ether oxygens (including phenoxy) is 1. The number of carbonyl (C=O) groups excluding carboxylic acids is 1. The first kappa shape index (κ1) is 25.1. The van der Waals surface area contributed by atoms with Gasteiger partial charge in [0.05, 0.1) is 12.1 Å². The van der Waals surface area contributed by atoms with Crippen molar-refractivity contribution in [3.05, 3.63) is 40.5 Å². The van der Waals surface area contributed by atoms with E-state index in [0.29, 0.717) is 22.4 Å². The Hall–Kier alpha value is -2.59. The van der Waals surface area contributed by atoms with Crippen LogP contribution in [0.4, 0.5) is 8.78 Å². The van der Waals surface area contributed by atoms with Crippen molar-refractivity contribution in [2.45, 2.75) is 70.4 Å². The first-order valence-electron chi connectivity index (χ1n) is 12.7. The molecule has 0 bridgehead atoms. The number of rotatable bonds is 9. The first-order valence-corrected chi connectivity index (χ1v) is 13.5. The van der Waals surface area contributed by atoms with Crippen LogP contribution in [0.5, 0.6) is 5.19 Å². The van der Waals surface area contributed by atoms with E-state index in [-0.39, 0.29) is 18.4 Å². The lowest BCUT2D eigenvalue weighted by atomic mass is 9.84. The van der Waals surface area contributed by atoms with Crippen molar-refractivity contribution in [1.82, 2.24) is 20.4 Å². The fourth-order valence-electron chi connectivity index (χ4n) is 5.13. The zero-order valence-electron chi connectivity index (χ0n) is 20.5. The molecular weight excluding hydrogens is 486 g/mol. The highest BCUT2D eigenvalue weighted by atomic mass is 32.1. The molecule has 36 heavy (non-hydrogen) atoms. The second kappa shape index (κ2) is 10.8. The van der Waals surface area contributed by atoms with Crippen LogP contribution in [0, 0.1) is 5.92 Å². The van der Waals surface area contributed by atoms with Gasteiger partial charge in [-0.15, -0.1) is 0 Å². The van der Waals surface area contributed by atoms with Gasteiger partial charge in [-0.05, 0) is 63.1 Å². The van der Waals surface area contributed by atoms with Crippen molar-refractivity contribution in [2.24, 2.45) is 5.92 Å². The number of fused-ring (bicyclic) bond motifs is 2. The Morgan fingerprint density at radius 1 is 1.28 bits per heavy atom.